The Labute approximate surface area is 214 Å². The topological polar surface area (TPSA) is 117 Å². The molecule has 5 rings (SSSR count). The minimum Gasteiger partial charge on any atom is -0.508 e. The van der Waals surface area contributed by atoms with Crippen molar-refractivity contribution in [2.45, 2.75) is 65.2 Å². The van der Waals surface area contributed by atoms with E-state index in [4.69, 9.17) is 19.2 Å². The van der Waals surface area contributed by atoms with Gasteiger partial charge < -0.3 is 23.9 Å². The number of aromatic nitrogens is 2. The van der Waals surface area contributed by atoms with Gasteiger partial charge in [-0.25, -0.2) is 9.78 Å². The van der Waals surface area contributed by atoms with Crippen LogP contribution in [0.25, 0.3) is 22.3 Å². The molecule has 0 bridgehead atoms. The Bertz CT molecular complexity index is 1480. The number of cyclic esters (lactones) is 1. The number of phenols is 1. The molecule has 194 valence electrons. The van der Waals surface area contributed by atoms with Crippen LogP contribution in [0.15, 0.2) is 29.1 Å². The molecule has 1 N–H and O–H groups in total. The summed E-state index contributed by atoms with van der Waals surface area (Å²) in [6.45, 7) is 6.73. The molecule has 2 aliphatic heterocycles. The van der Waals surface area contributed by atoms with Gasteiger partial charge in [0, 0.05) is 36.1 Å². The third kappa shape index (κ3) is 3.98. The highest BCUT2D eigenvalue weighted by Crippen LogP contribution is 2.42. The van der Waals surface area contributed by atoms with Gasteiger partial charge in [0.15, 0.2) is 0 Å². The highest BCUT2D eigenvalue weighted by atomic mass is 16.6. The van der Waals surface area contributed by atoms with Gasteiger partial charge in [-0.1, -0.05) is 13.8 Å². The van der Waals surface area contributed by atoms with Crippen LogP contribution in [0, 0.1) is 0 Å². The lowest BCUT2D eigenvalue weighted by Crippen LogP contribution is -2.47. The average Bonchev–Trinajstić information content (AvgIpc) is 3.25. The Morgan fingerprint density at radius 1 is 1.19 bits per heavy atom. The van der Waals surface area contributed by atoms with Crippen molar-refractivity contribution >= 4 is 22.8 Å². The largest absolute Gasteiger partial charge is 0.508 e. The molecule has 2 aromatic heterocycles. The molecule has 1 atom stereocenters. The molecule has 0 radical (unpaired) electrons. The first kappa shape index (κ1) is 25.0. The maximum atomic E-state index is 13.7. The van der Waals surface area contributed by atoms with Crippen LogP contribution in [-0.2, 0) is 49.0 Å². The van der Waals surface area contributed by atoms with E-state index in [9.17, 15) is 19.5 Å². The number of phenolic OH excluding ortho intramolecular Hbond substituents is 1. The molecular weight excluding hydrogens is 476 g/mol. The first-order valence-corrected chi connectivity index (χ1v) is 12.7. The minimum absolute atomic E-state index is 0.0807. The van der Waals surface area contributed by atoms with E-state index in [-0.39, 0.29) is 30.8 Å². The summed E-state index contributed by atoms with van der Waals surface area (Å²) in [5.41, 5.74) is 2.51. The van der Waals surface area contributed by atoms with Crippen molar-refractivity contribution in [3.05, 3.63) is 56.9 Å². The molecule has 9 heteroatoms. The molecule has 0 amide bonds. The van der Waals surface area contributed by atoms with Crippen molar-refractivity contribution < 1.29 is 28.9 Å². The number of carbonyl (C=O) groups excluding carboxylic acids is 2. The van der Waals surface area contributed by atoms with E-state index in [2.05, 4.69) is 0 Å². The molecule has 1 aromatic carbocycles. The number of benzene rings is 1. The predicted octanol–water partition coefficient (Wildman–Crippen LogP) is 3.72. The van der Waals surface area contributed by atoms with Gasteiger partial charge in [0.05, 0.1) is 29.0 Å². The van der Waals surface area contributed by atoms with Crippen LogP contribution in [-0.4, -0.2) is 39.8 Å². The molecular formula is C28H30N2O7. The molecule has 4 heterocycles. The number of fused-ring (bicyclic) bond motifs is 5. The van der Waals surface area contributed by atoms with Gasteiger partial charge >= 0.3 is 11.9 Å². The van der Waals surface area contributed by atoms with Gasteiger partial charge in [-0.3, -0.25) is 9.59 Å². The van der Waals surface area contributed by atoms with Crippen molar-refractivity contribution in [1.82, 2.24) is 9.55 Å². The molecule has 9 nitrogen and oxygen atoms in total. The quantitative estimate of drug-likeness (QED) is 0.284. The zero-order valence-electron chi connectivity index (χ0n) is 21.3. The molecule has 0 fully saturated rings. The summed E-state index contributed by atoms with van der Waals surface area (Å²) >= 11 is 0. The second kappa shape index (κ2) is 9.63. The summed E-state index contributed by atoms with van der Waals surface area (Å²) < 4.78 is 18.1. The van der Waals surface area contributed by atoms with Gasteiger partial charge in [0.1, 0.15) is 12.4 Å². The normalized spacial score (nSPS) is 17.8. The minimum atomic E-state index is -1.70. The fraction of sp³-hybridized carbons (Fsp3) is 0.429. The van der Waals surface area contributed by atoms with Crippen LogP contribution >= 0.6 is 0 Å². The summed E-state index contributed by atoms with van der Waals surface area (Å²) in [6.07, 6.45) is 1.35. The SMILES string of the molecule is CCOCCCC(=O)OC1(CC)C(=O)OCc2c1cc1n(c2=O)Cc2c-1nc1ccc(O)cc1c2CC. The molecule has 3 aromatic rings. The third-order valence-corrected chi connectivity index (χ3v) is 7.27. The number of rotatable bonds is 8. The molecule has 0 aliphatic carbocycles. The fourth-order valence-electron chi connectivity index (χ4n) is 5.42. The van der Waals surface area contributed by atoms with Crippen LogP contribution in [0.1, 0.15) is 62.3 Å². The van der Waals surface area contributed by atoms with E-state index in [0.29, 0.717) is 60.6 Å². The van der Waals surface area contributed by atoms with Gasteiger partial charge in [0.2, 0.25) is 5.60 Å². The second-order valence-corrected chi connectivity index (χ2v) is 9.32. The highest BCUT2D eigenvalue weighted by Gasteiger charge is 2.50. The smallest absolute Gasteiger partial charge is 0.355 e. The Morgan fingerprint density at radius 3 is 2.73 bits per heavy atom. The van der Waals surface area contributed by atoms with Crippen molar-refractivity contribution in [3.63, 3.8) is 0 Å². The van der Waals surface area contributed by atoms with E-state index in [1.165, 1.54) is 0 Å². The van der Waals surface area contributed by atoms with Crippen LogP contribution in [0.3, 0.4) is 0 Å². The number of aryl methyl sites for hydroxylation is 1. The Kier molecular flexibility index (Phi) is 6.49. The monoisotopic (exact) mass is 506 g/mol. The molecule has 1 unspecified atom stereocenters. The van der Waals surface area contributed by atoms with Gasteiger partial charge in [-0.05, 0) is 56.0 Å². The van der Waals surface area contributed by atoms with E-state index < -0.39 is 17.5 Å². The Hall–Kier alpha value is -3.72. The summed E-state index contributed by atoms with van der Waals surface area (Å²) in [6, 6.07) is 6.79. The maximum Gasteiger partial charge on any atom is 0.355 e. The number of nitrogens with zero attached hydrogens (tertiary/aromatic N) is 2. The average molecular weight is 507 g/mol. The first-order valence-electron chi connectivity index (χ1n) is 12.7. The lowest BCUT2D eigenvalue weighted by atomic mass is 9.85. The summed E-state index contributed by atoms with van der Waals surface area (Å²) in [5.74, 6) is -1.08. The number of ether oxygens (including phenoxy) is 3. The van der Waals surface area contributed by atoms with E-state index in [1.807, 2.05) is 13.8 Å². The zero-order valence-corrected chi connectivity index (χ0v) is 21.3. The van der Waals surface area contributed by atoms with Gasteiger partial charge in [-0.15, -0.1) is 0 Å². The van der Waals surface area contributed by atoms with E-state index in [0.717, 1.165) is 16.5 Å². The first-order chi connectivity index (χ1) is 17.8. The fourth-order valence-corrected chi connectivity index (χ4v) is 5.42. The third-order valence-electron chi connectivity index (χ3n) is 7.27. The summed E-state index contributed by atoms with van der Waals surface area (Å²) in [5, 5.41) is 10.9. The maximum absolute atomic E-state index is 13.7. The zero-order chi connectivity index (χ0) is 26.3. The molecule has 0 saturated heterocycles. The highest BCUT2D eigenvalue weighted by molar-refractivity contribution is 5.90. The second-order valence-electron chi connectivity index (χ2n) is 9.32. The predicted molar refractivity (Wildman–Crippen MR) is 135 cm³/mol. The van der Waals surface area contributed by atoms with Crippen molar-refractivity contribution in [1.29, 1.82) is 0 Å². The van der Waals surface area contributed by atoms with Crippen LogP contribution in [0.4, 0.5) is 0 Å². The van der Waals surface area contributed by atoms with Gasteiger partial charge in [-0.2, -0.15) is 0 Å². The van der Waals surface area contributed by atoms with Crippen LogP contribution in [0.5, 0.6) is 5.75 Å². The van der Waals surface area contributed by atoms with Crippen molar-refractivity contribution in [2.75, 3.05) is 13.2 Å². The molecule has 2 aliphatic rings. The molecule has 0 spiro atoms. The number of carbonyl (C=O) groups is 2. The van der Waals surface area contributed by atoms with Crippen LogP contribution < -0.4 is 5.56 Å². The number of aromatic hydroxyl groups is 1. The number of hydrogen-bond donors (Lipinski definition) is 1. The summed E-state index contributed by atoms with van der Waals surface area (Å²) in [4.78, 5) is 44.4. The Balaban J connectivity index is 1.64. The van der Waals surface area contributed by atoms with Crippen molar-refractivity contribution in [2.24, 2.45) is 0 Å². The number of hydrogen-bond acceptors (Lipinski definition) is 8. The standard InChI is InChI=1S/C28H30N2O7/c1-4-17-18-12-16(31)9-10-22(18)29-25-19(17)14-30-23(25)13-21-20(26(30)33)15-36-27(34)28(21,5-2)37-24(32)8-7-11-35-6-3/h9-10,12-13,31H,4-8,11,14-15H2,1-3H3. The number of pyridine rings is 2. The summed E-state index contributed by atoms with van der Waals surface area (Å²) in [7, 11) is 0. The molecule has 37 heavy (non-hydrogen) atoms. The van der Waals surface area contributed by atoms with Gasteiger partial charge in [0.25, 0.3) is 5.56 Å². The lowest BCUT2D eigenvalue weighted by molar-refractivity contribution is -0.189. The number of esters is 2. The van der Waals surface area contributed by atoms with E-state index in [1.54, 1.807) is 35.8 Å². The van der Waals surface area contributed by atoms with Crippen LogP contribution in [0.2, 0.25) is 0 Å². The van der Waals surface area contributed by atoms with E-state index >= 15 is 0 Å². The van der Waals surface area contributed by atoms with Crippen molar-refractivity contribution in [3.8, 4) is 17.1 Å². The molecule has 0 saturated carbocycles. The lowest BCUT2D eigenvalue weighted by Gasteiger charge is -2.35. The Morgan fingerprint density at radius 2 is 2.00 bits per heavy atom.